The van der Waals surface area contributed by atoms with E-state index in [1.165, 1.54) is 12.1 Å². The summed E-state index contributed by atoms with van der Waals surface area (Å²) in [6, 6.07) is 2.09. The van der Waals surface area contributed by atoms with Gasteiger partial charge in [0.15, 0.2) is 0 Å². The summed E-state index contributed by atoms with van der Waals surface area (Å²) in [5, 5.41) is 8.95. The Kier molecular flexibility index (Phi) is 5.13. The van der Waals surface area contributed by atoms with Gasteiger partial charge in [-0.15, -0.1) is 0 Å². The smallest absolute Gasteiger partial charge is 0.477 e. The Morgan fingerprint density at radius 3 is 2.25 bits per heavy atom. The fraction of sp³-hybridized carbons (Fsp3) is 0.438. The summed E-state index contributed by atoms with van der Waals surface area (Å²) in [6.45, 7) is 7.52. The Hall–Kier alpha value is -1.38. The monoisotopic (exact) mass is 356 g/mol. The third kappa shape index (κ3) is 3.36. The van der Waals surface area contributed by atoms with E-state index < -0.39 is 41.5 Å². The molecule has 0 atom stereocenters. The van der Waals surface area contributed by atoms with Gasteiger partial charge < -0.3 is 14.4 Å². The molecule has 8 heteroatoms. The van der Waals surface area contributed by atoms with Crippen molar-refractivity contribution in [3.8, 4) is 0 Å². The van der Waals surface area contributed by atoms with Crippen LogP contribution >= 0.6 is 12.6 Å². The van der Waals surface area contributed by atoms with Gasteiger partial charge in [-0.3, -0.25) is 0 Å². The van der Waals surface area contributed by atoms with Crippen molar-refractivity contribution in [3.63, 3.8) is 0 Å². The van der Waals surface area contributed by atoms with Gasteiger partial charge in [0.25, 0.3) is 0 Å². The van der Waals surface area contributed by atoms with E-state index in [-0.39, 0.29) is 11.3 Å². The maximum atomic E-state index is 14.3. The SMILES string of the molecule is CC1(C)OB(C(=Cc2ccc(F)c(C(=O)O)c2F)CS)OC1(C)C. The molecule has 1 heterocycles. The first-order chi connectivity index (χ1) is 11.0. The van der Waals surface area contributed by atoms with Gasteiger partial charge in [-0.05, 0) is 45.3 Å². The molecule has 4 nitrogen and oxygen atoms in total. The fourth-order valence-corrected chi connectivity index (χ4v) is 2.50. The largest absolute Gasteiger partial charge is 0.491 e. The van der Waals surface area contributed by atoms with Crippen LogP contribution in [0.3, 0.4) is 0 Å². The van der Waals surface area contributed by atoms with Gasteiger partial charge in [-0.1, -0.05) is 6.08 Å². The number of thiol groups is 1. The number of carboxylic acid groups (broad SMARTS) is 1. The summed E-state index contributed by atoms with van der Waals surface area (Å²) in [5.74, 6) is -3.72. The van der Waals surface area contributed by atoms with Gasteiger partial charge in [-0.25, -0.2) is 13.6 Å². The van der Waals surface area contributed by atoms with Crippen molar-refractivity contribution < 1.29 is 28.0 Å². The summed E-state index contributed by atoms with van der Waals surface area (Å²) < 4.78 is 39.6. The highest BCUT2D eigenvalue weighted by Gasteiger charge is 2.52. The average Bonchev–Trinajstić information content (AvgIpc) is 2.66. The molecule has 0 bridgehead atoms. The number of carboxylic acids is 1. The van der Waals surface area contributed by atoms with Crippen LogP contribution in [0.5, 0.6) is 0 Å². The molecule has 1 saturated heterocycles. The molecule has 0 radical (unpaired) electrons. The van der Waals surface area contributed by atoms with Crippen molar-refractivity contribution in [2.45, 2.75) is 38.9 Å². The Bertz CT molecular complexity index is 688. The van der Waals surface area contributed by atoms with Crippen molar-refractivity contribution >= 4 is 31.8 Å². The lowest BCUT2D eigenvalue weighted by atomic mass is 9.78. The Balaban J connectivity index is 2.43. The maximum Gasteiger partial charge on any atom is 0.491 e. The van der Waals surface area contributed by atoms with Gasteiger partial charge in [0, 0.05) is 11.3 Å². The van der Waals surface area contributed by atoms with Crippen LogP contribution in [-0.2, 0) is 9.31 Å². The van der Waals surface area contributed by atoms with Gasteiger partial charge in [-0.2, -0.15) is 12.6 Å². The van der Waals surface area contributed by atoms with Crippen LogP contribution in [0.1, 0.15) is 43.6 Å². The molecule has 1 aromatic rings. The Labute approximate surface area is 145 Å². The maximum absolute atomic E-state index is 14.3. The fourth-order valence-electron chi connectivity index (χ4n) is 2.26. The van der Waals surface area contributed by atoms with Crippen molar-refractivity contribution in [2.24, 2.45) is 0 Å². The van der Waals surface area contributed by atoms with Gasteiger partial charge >= 0.3 is 13.1 Å². The Morgan fingerprint density at radius 2 is 1.79 bits per heavy atom. The lowest BCUT2D eigenvalue weighted by Gasteiger charge is -2.32. The zero-order valence-corrected chi connectivity index (χ0v) is 14.8. The highest BCUT2D eigenvalue weighted by atomic mass is 32.1. The van der Waals surface area contributed by atoms with Gasteiger partial charge in [0.2, 0.25) is 0 Å². The van der Waals surface area contributed by atoms with Crippen molar-refractivity contribution in [1.29, 1.82) is 0 Å². The minimum atomic E-state index is -1.66. The van der Waals surface area contributed by atoms with Crippen LogP contribution < -0.4 is 0 Å². The molecule has 2 rings (SSSR count). The summed E-state index contributed by atoms with van der Waals surface area (Å²) in [7, 11) is -0.745. The normalized spacial score (nSPS) is 19.6. The molecule has 24 heavy (non-hydrogen) atoms. The summed E-state index contributed by atoms with van der Waals surface area (Å²) in [4.78, 5) is 11.0. The average molecular weight is 356 g/mol. The molecule has 1 N–H and O–H groups in total. The predicted molar refractivity (Wildman–Crippen MR) is 91.2 cm³/mol. The van der Waals surface area contributed by atoms with Crippen LogP contribution in [-0.4, -0.2) is 35.1 Å². The molecule has 0 unspecified atom stereocenters. The van der Waals surface area contributed by atoms with E-state index in [2.05, 4.69) is 12.6 Å². The first kappa shape index (κ1) is 19.0. The molecule has 130 valence electrons. The highest BCUT2D eigenvalue weighted by molar-refractivity contribution is 7.80. The zero-order chi connectivity index (χ0) is 18.3. The number of hydrogen-bond acceptors (Lipinski definition) is 4. The van der Waals surface area contributed by atoms with Crippen molar-refractivity contribution in [2.75, 3.05) is 5.75 Å². The van der Waals surface area contributed by atoms with Crippen LogP contribution in [0, 0.1) is 11.6 Å². The number of halogens is 2. The topological polar surface area (TPSA) is 55.8 Å². The van der Waals surface area contributed by atoms with Gasteiger partial charge in [0.05, 0.1) is 11.2 Å². The lowest BCUT2D eigenvalue weighted by molar-refractivity contribution is 0.00578. The minimum Gasteiger partial charge on any atom is -0.477 e. The third-order valence-corrected chi connectivity index (χ3v) is 4.78. The van der Waals surface area contributed by atoms with Crippen LogP contribution in [0.25, 0.3) is 6.08 Å². The molecule has 0 aromatic heterocycles. The standard InChI is InChI=1S/C16H19BF2O4S/c1-15(2)16(3,4)23-17(22-15)10(8-24)7-9-5-6-11(18)12(13(9)19)14(20)21/h5-7,24H,8H2,1-4H3,(H,20,21). The number of aromatic carboxylic acids is 1. The van der Waals surface area contributed by atoms with E-state index in [4.69, 9.17) is 14.4 Å². The molecule has 1 aliphatic heterocycles. The van der Waals surface area contributed by atoms with E-state index in [9.17, 15) is 13.6 Å². The molecular weight excluding hydrogens is 337 g/mol. The molecule has 0 amide bonds. The number of benzene rings is 1. The van der Waals surface area contributed by atoms with Crippen LogP contribution in [0.2, 0.25) is 0 Å². The van der Waals surface area contributed by atoms with Crippen molar-refractivity contribution in [1.82, 2.24) is 0 Å². The minimum absolute atomic E-state index is 0.0624. The second kappa shape index (κ2) is 6.50. The first-order valence-corrected chi connectivity index (χ1v) is 8.01. The third-order valence-electron chi connectivity index (χ3n) is 4.41. The number of hydrogen-bond donors (Lipinski definition) is 2. The van der Waals surface area contributed by atoms with E-state index in [0.29, 0.717) is 5.47 Å². The van der Waals surface area contributed by atoms with Crippen LogP contribution in [0.15, 0.2) is 17.6 Å². The zero-order valence-electron chi connectivity index (χ0n) is 13.9. The van der Waals surface area contributed by atoms with E-state index in [1.54, 1.807) is 0 Å². The molecule has 0 aliphatic carbocycles. The summed E-state index contributed by atoms with van der Waals surface area (Å²) in [6.07, 6.45) is 1.39. The second-order valence-corrected chi connectivity index (χ2v) is 6.91. The number of carbonyl (C=O) groups is 1. The molecule has 0 spiro atoms. The predicted octanol–water partition coefficient (Wildman–Crippen LogP) is 3.61. The molecular formula is C16H19BF2O4S. The molecule has 1 aromatic carbocycles. The van der Waals surface area contributed by atoms with E-state index >= 15 is 0 Å². The quantitative estimate of drug-likeness (QED) is 0.639. The molecule has 0 saturated carbocycles. The van der Waals surface area contributed by atoms with E-state index in [0.717, 1.165) is 6.07 Å². The summed E-state index contributed by atoms with van der Waals surface area (Å²) in [5.41, 5.74) is -1.69. The molecule has 1 aliphatic rings. The first-order valence-electron chi connectivity index (χ1n) is 7.38. The van der Waals surface area contributed by atoms with Crippen molar-refractivity contribution in [3.05, 3.63) is 40.4 Å². The molecule has 1 fully saturated rings. The van der Waals surface area contributed by atoms with E-state index in [1.807, 2.05) is 27.7 Å². The summed E-state index contributed by atoms with van der Waals surface area (Å²) >= 11 is 4.21. The van der Waals surface area contributed by atoms with Gasteiger partial charge in [0.1, 0.15) is 17.2 Å². The number of rotatable bonds is 4. The Morgan fingerprint density at radius 1 is 1.25 bits per heavy atom. The lowest BCUT2D eigenvalue weighted by Crippen LogP contribution is -2.41. The second-order valence-electron chi connectivity index (χ2n) is 6.60. The van der Waals surface area contributed by atoms with Crippen LogP contribution in [0.4, 0.5) is 8.78 Å². The highest BCUT2D eigenvalue weighted by Crippen LogP contribution is 2.39.